The SMILES string of the molecule is CC(C)(C)OC(=O)N1CCN(c2ncnc3c2CC[C@H]3O)CC1. The maximum atomic E-state index is 12.1. The van der Waals surface area contributed by atoms with Crippen LogP contribution in [0.2, 0.25) is 0 Å². The first-order chi connectivity index (χ1) is 10.8. The van der Waals surface area contributed by atoms with Gasteiger partial charge in [0.2, 0.25) is 0 Å². The zero-order chi connectivity index (χ0) is 16.6. The minimum Gasteiger partial charge on any atom is -0.444 e. The number of hydrogen-bond donors (Lipinski definition) is 1. The zero-order valence-electron chi connectivity index (χ0n) is 13.9. The molecule has 1 aliphatic carbocycles. The molecule has 2 heterocycles. The van der Waals surface area contributed by atoms with Crippen molar-refractivity contribution in [1.82, 2.24) is 14.9 Å². The van der Waals surface area contributed by atoms with E-state index in [0.29, 0.717) is 32.6 Å². The van der Waals surface area contributed by atoms with E-state index in [1.807, 2.05) is 20.8 Å². The fourth-order valence-electron chi connectivity index (χ4n) is 3.06. The van der Waals surface area contributed by atoms with Gasteiger partial charge >= 0.3 is 6.09 Å². The van der Waals surface area contributed by atoms with E-state index in [4.69, 9.17) is 4.74 Å². The number of piperazine rings is 1. The number of anilines is 1. The summed E-state index contributed by atoms with van der Waals surface area (Å²) in [6.45, 7) is 8.24. The van der Waals surface area contributed by atoms with Gasteiger partial charge < -0.3 is 19.6 Å². The highest BCUT2D eigenvalue weighted by Gasteiger charge is 2.30. The number of aromatic nitrogens is 2. The molecule has 126 valence electrons. The van der Waals surface area contributed by atoms with Gasteiger partial charge in [-0.05, 0) is 33.6 Å². The molecule has 0 unspecified atom stereocenters. The van der Waals surface area contributed by atoms with Crippen molar-refractivity contribution >= 4 is 11.9 Å². The summed E-state index contributed by atoms with van der Waals surface area (Å²) in [4.78, 5) is 24.6. The lowest BCUT2D eigenvalue weighted by Crippen LogP contribution is -2.50. The van der Waals surface area contributed by atoms with Crippen LogP contribution in [0.3, 0.4) is 0 Å². The lowest BCUT2D eigenvalue weighted by Gasteiger charge is -2.36. The van der Waals surface area contributed by atoms with E-state index in [-0.39, 0.29) is 6.09 Å². The molecule has 0 spiro atoms. The van der Waals surface area contributed by atoms with Crippen LogP contribution in [-0.2, 0) is 11.2 Å². The Morgan fingerprint density at radius 1 is 1.26 bits per heavy atom. The minimum atomic E-state index is -0.477. The summed E-state index contributed by atoms with van der Waals surface area (Å²) in [6, 6.07) is 0. The molecular formula is C16H24N4O3. The summed E-state index contributed by atoms with van der Waals surface area (Å²) in [5.74, 6) is 0.899. The summed E-state index contributed by atoms with van der Waals surface area (Å²) in [5, 5.41) is 9.95. The highest BCUT2D eigenvalue weighted by molar-refractivity contribution is 5.68. The van der Waals surface area contributed by atoms with Crippen LogP contribution in [0.4, 0.5) is 10.6 Å². The molecule has 1 saturated heterocycles. The quantitative estimate of drug-likeness (QED) is 0.845. The Kier molecular flexibility index (Phi) is 4.14. The van der Waals surface area contributed by atoms with Gasteiger partial charge in [-0.3, -0.25) is 0 Å². The third-order valence-corrected chi connectivity index (χ3v) is 4.17. The van der Waals surface area contributed by atoms with Gasteiger partial charge in [0.05, 0.1) is 11.8 Å². The summed E-state index contributed by atoms with van der Waals surface area (Å²) < 4.78 is 5.42. The predicted molar refractivity (Wildman–Crippen MR) is 85.3 cm³/mol. The molecule has 0 radical (unpaired) electrons. The van der Waals surface area contributed by atoms with Gasteiger partial charge in [0, 0.05) is 31.7 Å². The van der Waals surface area contributed by atoms with E-state index in [1.165, 1.54) is 6.33 Å². The monoisotopic (exact) mass is 320 g/mol. The van der Waals surface area contributed by atoms with Crippen LogP contribution in [0, 0.1) is 0 Å². The smallest absolute Gasteiger partial charge is 0.410 e. The molecule has 1 amide bonds. The molecule has 1 fully saturated rings. The second-order valence-corrected chi connectivity index (χ2v) is 7.07. The average Bonchev–Trinajstić information content (AvgIpc) is 2.87. The standard InChI is InChI=1S/C16H24N4O3/c1-16(2,3)23-15(22)20-8-6-19(7-9-20)14-11-4-5-12(21)13(11)17-10-18-14/h10,12,21H,4-9H2,1-3H3/t12-/m1/s1. The van der Waals surface area contributed by atoms with Crippen molar-refractivity contribution in [3.8, 4) is 0 Å². The molecule has 23 heavy (non-hydrogen) atoms. The molecule has 1 aromatic heterocycles. The molecular weight excluding hydrogens is 296 g/mol. The van der Waals surface area contributed by atoms with E-state index in [1.54, 1.807) is 4.90 Å². The Balaban J connectivity index is 1.65. The van der Waals surface area contributed by atoms with Gasteiger partial charge in [-0.25, -0.2) is 14.8 Å². The first-order valence-corrected chi connectivity index (χ1v) is 8.10. The topological polar surface area (TPSA) is 78.8 Å². The first-order valence-electron chi connectivity index (χ1n) is 8.10. The van der Waals surface area contributed by atoms with Crippen LogP contribution in [-0.4, -0.2) is 57.8 Å². The second-order valence-electron chi connectivity index (χ2n) is 7.07. The lowest BCUT2D eigenvalue weighted by molar-refractivity contribution is 0.0240. The van der Waals surface area contributed by atoms with Crippen LogP contribution in [0.5, 0.6) is 0 Å². The van der Waals surface area contributed by atoms with Crippen molar-refractivity contribution in [2.45, 2.75) is 45.3 Å². The van der Waals surface area contributed by atoms with Gasteiger partial charge in [0.25, 0.3) is 0 Å². The third-order valence-electron chi connectivity index (χ3n) is 4.17. The van der Waals surface area contributed by atoms with E-state index in [2.05, 4.69) is 14.9 Å². The summed E-state index contributed by atoms with van der Waals surface area (Å²) in [6.07, 6.45) is 2.29. The molecule has 1 aromatic rings. The van der Waals surface area contributed by atoms with E-state index in [0.717, 1.165) is 23.5 Å². The van der Waals surface area contributed by atoms with Crippen LogP contribution < -0.4 is 4.90 Å². The number of carbonyl (C=O) groups excluding carboxylic acids is 1. The second kappa shape index (κ2) is 5.96. The van der Waals surface area contributed by atoms with Crippen LogP contribution >= 0.6 is 0 Å². The lowest BCUT2D eigenvalue weighted by atomic mass is 10.2. The Morgan fingerprint density at radius 3 is 2.61 bits per heavy atom. The normalized spacial score (nSPS) is 21.3. The van der Waals surface area contributed by atoms with Crippen molar-refractivity contribution in [3.63, 3.8) is 0 Å². The number of fused-ring (bicyclic) bond motifs is 1. The highest BCUT2D eigenvalue weighted by atomic mass is 16.6. The molecule has 1 atom stereocenters. The predicted octanol–water partition coefficient (Wildman–Crippen LogP) is 1.51. The van der Waals surface area contributed by atoms with Gasteiger partial charge in [-0.1, -0.05) is 0 Å². The fourth-order valence-corrected chi connectivity index (χ4v) is 3.06. The van der Waals surface area contributed by atoms with E-state index < -0.39 is 11.7 Å². The molecule has 7 heteroatoms. The number of aliphatic hydroxyl groups excluding tert-OH is 1. The fraction of sp³-hybridized carbons (Fsp3) is 0.688. The van der Waals surface area contributed by atoms with Crippen molar-refractivity contribution < 1.29 is 14.6 Å². The van der Waals surface area contributed by atoms with Crippen LogP contribution in [0.25, 0.3) is 0 Å². The Hall–Kier alpha value is -1.89. The minimum absolute atomic E-state index is 0.263. The Labute approximate surface area is 136 Å². The maximum absolute atomic E-state index is 12.1. The summed E-state index contributed by atoms with van der Waals surface area (Å²) in [5.41, 5.74) is 1.33. The van der Waals surface area contributed by atoms with Gasteiger partial charge in [-0.2, -0.15) is 0 Å². The van der Waals surface area contributed by atoms with Crippen LogP contribution in [0.1, 0.15) is 44.6 Å². The van der Waals surface area contributed by atoms with Gasteiger partial charge in [-0.15, -0.1) is 0 Å². The van der Waals surface area contributed by atoms with E-state index in [9.17, 15) is 9.90 Å². The maximum Gasteiger partial charge on any atom is 0.410 e. The number of nitrogens with zero attached hydrogens (tertiary/aromatic N) is 4. The van der Waals surface area contributed by atoms with Gasteiger partial charge in [0.15, 0.2) is 0 Å². The van der Waals surface area contributed by atoms with Crippen molar-refractivity contribution in [2.24, 2.45) is 0 Å². The molecule has 0 aromatic carbocycles. The molecule has 1 aliphatic heterocycles. The third kappa shape index (κ3) is 3.39. The van der Waals surface area contributed by atoms with E-state index >= 15 is 0 Å². The summed E-state index contributed by atoms with van der Waals surface area (Å²) in [7, 11) is 0. The largest absolute Gasteiger partial charge is 0.444 e. The molecule has 0 saturated carbocycles. The molecule has 3 rings (SSSR count). The van der Waals surface area contributed by atoms with Gasteiger partial charge in [0.1, 0.15) is 17.7 Å². The van der Waals surface area contributed by atoms with Crippen molar-refractivity contribution in [1.29, 1.82) is 0 Å². The summed E-state index contributed by atoms with van der Waals surface area (Å²) >= 11 is 0. The molecule has 2 aliphatic rings. The number of carbonyl (C=O) groups is 1. The van der Waals surface area contributed by atoms with Crippen molar-refractivity contribution in [3.05, 3.63) is 17.6 Å². The number of ether oxygens (including phenoxy) is 1. The molecule has 1 N–H and O–H groups in total. The number of aliphatic hydroxyl groups is 1. The van der Waals surface area contributed by atoms with Crippen LogP contribution in [0.15, 0.2) is 6.33 Å². The average molecular weight is 320 g/mol. The highest BCUT2D eigenvalue weighted by Crippen LogP contribution is 2.34. The first kappa shape index (κ1) is 16.0. The number of rotatable bonds is 1. The molecule has 7 nitrogen and oxygen atoms in total. The number of amides is 1. The Bertz CT molecular complexity index is 591. The van der Waals surface area contributed by atoms with Crippen molar-refractivity contribution in [2.75, 3.05) is 31.1 Å². The molecule has 0 bridgehead atoms. The Morgan fingerprint density at radius 2 is 1.96 bits per heavy atom. The number of hydrogen-bond acceptors (Lipinski definition) is 6. The zero-order valence-corrected chi connectivity index (χ0v) is 13.9.